The van der Waals surface area contributed by atoms with Gasteiger partial charge in [-0.15, -0.1) is 0 Å². The molecule has 7 heteroatoms. The minimum absolute atomic E-state index is 0.168. The summed E-state index contributed by atoms with van der Waals surface area (Å²) in [6, 6.07) is 6.38. The van der Waals surface area contributed by atoms with Crippen LogP contribution in [-0.4, -0.2) is 32.1 Å². The van der Waals surface area contributed by atoms with Gasteiger partial charge in [0.1, 0.15) is 4.90 Å². The van der Waals surface area contributed by atoms with Crippen molar-refractivity contribution >= 4 is 21.7 Å². The minimum Gasteiger partial charge on any atom is -0.481 e. The van der Waals surface area contributed by atoms with Crippen molar-refractivity contribution in [1.29, 1.82) is 0 Å². The van der Waals surface area contributed by atoms with Gasteiger partial charge in [0.05, 0.1) is 11.6 Å². The minimum atomic E-state index is -3.59. The maximum absolute atomic E-state index is 12.2. The molecule has 0 saturated heterocycles. The molecule has 3 N–H and O–H groups in total. The first-order valence-corrected chi connectivity index (χ1v) is 8.30. The number of carboxylic acid groups (broad SMARTS) is 1. The predicted molar refractivity (Wildman–Crippen MR) is 81.8 cm³/mol. The fraction of sp³-hybridized carbons (Fsp3) is 0.500. The van der Waals surface area contributed by atoms with Crippen molar-refractivity contribution in [3.63, 3.8) is 0 Å². The van der Waals surface area contributed by atoms with Crippen LogP contribution in [-0.2, 0) is 14.8 Å². The van der Waals surface area contributed by atoms with Crippen molar-refractivity contribution in [3.05, 3.63) is 24.3 Å². The lowest BCUT2D eigenvalue weighted by molar-refractivity contribution is -0.141. The Labute approximate surface area is 125 Å². The Bertz CT molecular complexity index is 584. The highest BCUT2D eigenvalue weighted by molar-refractivity contribution is 7.89. The zero-order valence-electron chi connectivity index (χ0n) is 12.5. The van der Waals surface area contributed by atoms with E-state index in [-0.39, 0.29) is 10.9 Å². The number of anilines is 1. The van der Waals surface area contributed by atoms with Gasteiger partial charge in [-0.3, -0.25) is 4.79 Å². The van der Waals surface area contributed by atoms with E-state index in [0.29, 0.717) is 18.7 Å². The summed E-state index contributed by atoms with van der Waals surface area (Å²) in [6.07, 6.45) is 0.418. The summed E-state index contributed by atoms with van der Waals surface area (Å²) in [5.74, 6) is -1.34. The maximum Gasteiger partial charge on any atom is 0.306 e. The molecule has 1 aromatic carbocycles. The van der Waals surface area contributed by atoms with Gasteiger partial charge in [0.2, 0.25) is 10.0 Å². The number of rotatable bonds is 8. The number of nitrogens with one attached hydrogen (secondary N) is 2. The van der Waals surface area contributed by atoms with E-state index in [1.165, 1.54) is 6.07 Å². The van der Waals surface area contributed by atoms with E-state index in [2.05, 4.69) is 10.0 Å². The number of aliphatic carboxylic acids is 1. The number of carboxylic acids is 1. The van der Waals surface area contributed by atoms with Gasteiger partial charge in [-0.2, -0.15) is 0 Å². The molecule has 6 nitrogen and oxygen atoms in total. The van der Waals surface area contributed by atoms with Crippen LogP contribution in [0.4, 0.5) is 5.69 Å². The van der Waals surface area contributed by atoms with Gasteiger partial charge in [-0.25, -0.2) is 13.1 Å². The number of hydrogen-bond donors (Lipinski definition) is 3. The molecule has 0 aliphatic carbocycles. The third-order valence-electron chi connectivity index (χ3n) is 2.88. The summed E-state index contributed by atoms with van der Waals surface area (Å²) < 4.78 is 27.0. The Balaban J connectivity index is 2.83. The summed E-state index contributed by atoms with van der Waals surface area (Å²) in [5.41, 5.74) is 0.475. The van der Waals surface area contributed by atoms with E-state index in [0.717, 1.165) is 0 Å². The molecule has 1 atom stereocenters. The van der Waals surface area contributed by atoms with Crippen molar-refractivity contribution in [3.8, 4) is 0 Å². The smallest absolute Gasteiger partial charge is 0.306 e. The standard InChI is InChI=1S/C14H22N2O4S/c1-10(2)16-21(19,20)13-7-5-4-6-12(13)15-9-8-11(3)14(17)18/h4-7,10-11,15-16H,8-9H2,1-3H3,(H,17,18). The number of para-hydroxylation sites is 1. The van der Waals surface area contributed by atoms with Crippen LogP contribution in [0.1, 0.15) is 27.2 Å². The van der Waals surface area contributed by atoms with Gasteiger partial charge < -0.3 is 10.4 Å². The number of sulfonamides is 1. The van der Waals surface area contributed by atoms with Gasteiger partial charge >= 0.3 is 5.97 Å². The highest BCUT2D eigenvalue weighted by Gasteiger charge is 2.19. The molecule has 0 aliphatic rings. The van der Waals surface area contributed by atoms with Crippen molar-refractivity contribution in [1.82, 2.24) is 4.72 Å². The number of hydrogen-bond acceptors (Lipinski definition) is 4. The molecule has 0 amide bonds. The quantitative estimate of drug-likeness (QED) is 0.681. The second-order valence-electron chi connectivity index (χ2n) is 5.23. The van der Waals surface area contributed by atoms with Gasteiger partial charge in [0.25, 0.3) is 0 Å². The van der Waals surface area contributed by atoms with E-state index < -0.39 is 21.9 Å². The Kier molecular flexibility index (Phi) is 6.17. The Morgan fingerprint density at radius 2 is 1.86 bits per heavy atom. The first-order chi connectivity index (χ1) is 9.74. The molecular weight excluding hydrogens is 292 g/mol. The van der Waals surface area contributed by atoms with Gasteiger partial charge in [0.15, 0.2) is 0 Å². The Hall–Kier alpha value is -1.60. The lowest BCUT2D eigenvalue weighted by atomic mass is 10.1. The fourth-order valence-electron chi connectivity index (χ4n) is 1.77. The number of benzene rings is 1. The zero-order chi connectivity index (χ0) is 16.0. The van der Waals surface area contributed by atoms with E-state index in [9.17, 15) is 13.2 Å². The van der Waals surface area contributed by atoms with Crippen LogP contribution in [0.5, 0.6) is 0 Å². The van der Waals surface area contributed by atoms with E-state index in [1.54, 1.807) is 39.0 Å². The van der Waals surface area contributed by atoms with Crippen LogP contribution in [0, 0.1) is 5.92 Å². The Morgan fingerprint density at radius 1 is 1.24 bits per heavy atom. The Morgan fingerprint density at radius 3 is 2.43 bits per heavy atom. The molecular formula is C14H22N2O4S. The van der Waals surface area contributed by atoms with Gasteiger partial charge in [0, 0.05) is 12.6 Å². The highest BCUT2D eigenvalue weighted by Crippen LogP contribution is 2.21. The van der Waals surface area contributed by atoms with E-state index in [4.69, 9.17) is 5.11 Å². The summed E-state index contributed by atoms with van der Waals surface area (Å²) in [5, 5.41) is 11.8. The molecule has 0 radical (unpaired) electrons. The van der Waals surface area contributed by atoms with Crippen LogP contribution in [0.25, 0.3) is 0 Å². The summed E-state index contributed by atoms with van der Waals surface area (Å²) in [6.45, 7) is 5.51. The second-order valence-corrected chi connectivity index (χ2v) is 6.91. The third-order valence-corrected chi connectivity index (χ3v) is 4.60. The van der Waals surface area contributed by atoms with Crippen LogP contribution < -0.4 is 10.0 Å². The molecule has 118 valence electrons. The highest BCUT2D eigenvalue weighted by atomic mass is 32.2. The van der Waals surface area contributed by atoms with Crippen molar-refractivity contribution in [2.24, 2.45) is 5.92 Å². The molecule has 1 unspecified atom stereocenters. The van der Waals surface area contributed by atoms with Gasteiger partial charge in [-0.05, 0) is 32.4 Å². The average molecular weight is 314 g/mol. The van der Waals surface area contributed by atoms with E-state index in [1.807, 2.05) is 0 Å². The third kappa shape index (κ3) is 5.35. The van der Waals surface area contributed by atoms with Crippen LogP contribution in [0.15, 0.2) is 29.2 Å². The SMILES string of the molecule is CC(C)NS(=O)(=O)c1ccccc1NCCC(C)C(=O)O. The summed E-state index contributed by atoms with van der Waals surface area (Å²) >= 11 is 0. The molecule has 0 bridgehead atoms. The van der Waals surface area contributed by atoms with Crippen molar-refractivity contribution < 1.29 is 18.3 Å². The molecule has 0 fully saturated rings. The average Bonchev–Trinajstić information content (AvgIpc) is 2.37. The monoisotopic (exact) mass is 314 g/mol. The summed E-state index contributed by atoms with van der Waals surface area (Å²) in [4.78, 5) is 10.9. The molecule has 0 heterocycles. The summed E-state index contributed by atoms with van der Waals surface area (Å²) in [7, 11) is -3.59. The molecule has 21 heavy (non-hydrogen) atoms. The van der Waals surface area contributed by atoms with Crippen molar-refractivity contribution in [2.45, 2.75) is 38.1 Å². The molecule has 0 aromatic heterocycles. The lowest BCUT2D eigenvalue weighted by Crippen LogP contribution is -2.30. The lowest BCUT2D eigenvalue weighted by Gasteiger charge is -2.15. The van der Waals surface area contributed by atoms with Gasteiger partial charge in [-0.1, -0.05) is 19.1 Å². The van der Waals surface area contributed by atoms with Crippen LogP contribution in [0.2, 0.25) is 0 Å². The van der Waals surface area contributed by atoms with E-state index >= 15 is 0 Å². The number of carbonyl (C=O) groups is 1. The fourth-order valence-corrected chi connectivity index (χ4v) is 3.20. The topological polar surface area (TPSA) is 95.5 Å². The molecule has 0 saturated carbocycles. The van der Waals surface area contributed by atoms with Crippen LogP contribution in [0.3, 0.4) is 0 Å². The maximum atomic E-state index is 12.2. The largest absolute Gasteiger partial charge is 0.481 e. The zero-order valence-corrected chi connectivity index (χ0v) is 13.3. The molecule has 1 rings (SSSR count). The first kappa shape index (κ1) is 17.5. The predicted octanol–water partition coefficient (Wildman–Crippen LogP) is 1.90. The molecule has 0 aliphatic heterocycles. The van der Waals surface area contributed by atoms with Crippen LogP contribution >= 0.6 is 0 Å². The van der Waals surface area contributed by atoms with Crippen molar-refractivity contribution in [2.75, 3.05) is 11.9 Å². The second kappa shape index (κ2) is 7.42. The normalized spacial score (nSPS) is 13.1. The first-order valence-electron chi connectivity index (χ1n) is 6.82. The molecule has 0 spiro atoms. The molecule has 1 aromatic rings.